The van der Waals surface area contributed by atoms with E-state index in [9.17, 15) is 10.2 Å². The van der Waals surface area contributed by atoms with Gasteiger partial charge in [-0.05, 0) is 6.42 Å². The summed E-state index contributed by atoms with van der Waals surface area (Å²) in [5, 5.41) is 28.0. The average Bonchev–Trinajstić information content (AvgIpc) is 2.15. The van der Waals surface area contributed by atoms with Crippen LogP contribution in [0.4, 0.5) is 0 Å². The Morgan fingerprint density at radius 2 is 1.77 bits per heavy atom. The Morgan fingerprint density at radius 3 is 2.23 bits per heavy atom. The minimum atomic E-state index is -0.970. The van der Waals surface area contributed by atoms with E-state index in [2.05, 4.69) is 0 Å². The Hall–Kier alpha value is -0.160. The quantitative estimate of drug-likeness (QED) is 0.550. The lowest BCUT2D eigenvalue weighted by molar-refractivity contribution is -0.205. The van der Waals surface area contributed by atoms with Crippen molar-refractivity contribution in [2.45, 2.75) is 44.7 Å². The predicted molar refractivity (Wildman–Crippen MR) is 47.2 cm³/mol. The molecule has 0 radical (unpaired) electrons. The minimum absolute atomic E-state index is 0.0736. The number of aliphatic hydroxyl groups excluding tert-OH is 3. The third-order valence-electron chi connectivity index (χ3n) is 2.79. The molecule has 78 valence electrons. The van der Waals surface area contributed by atoms with Crippen molar-refractivity contribution in [1.82, 2.24) is 0 Å². The second-order valence-electron chi connectivity index (χ2n) is 3.64. The number of ether oxygens (including phenoxy) is 1. The van der Waals surface area contributed by atoms with Crippen LogP contribution >= 0.6 is 0 Å². The van der Waals surface area contributed by atoms with Crippen molar-refractivity contribution in [2.75, 3.05) is 6.61 Å². The summed E-state index contributed by atoms with van der Waals surface area (Å²) in [6.07, 6.45) is -1.70. The van der Waals surface area contributed by atoms with Gasteiger partial charge in [0.2, 0.25) is 0 Å². The van der Waals surface area contributed by atoms with Gasteiger partial charge >= 0.3 is 0 Å². The maximum absolute atomic E-state index is 9.61. The molecule has 4 heteroatoms. The third-order valence-corrected chi connectivity index (χ3v) is 2.79. The van der Waals surface area contributed by atoms with Gasteiger partial charge in [-0.3, -0.25) is 0 Å². The van der Waals surface area contributed by atoms with Crippen molar-refractivity contribution in [3.05, 3.63) is 0 Å². The lowest BCUT2D eigenvalue weighted by atomic mass is 9.87. The molecule has 0 aromatic carbocycles. The Labute approximate surface area is 78.1 Å². The molecule has 5 atom stereocenters. The summed E-state index contributed by atoms with van der Waals surface area (Å²) in [6, 6.07) is 0. The van der Waals surface area contributed by atoms with E-state index < -0.39 is 18.3 Å². The summed E-state index contributed by atoms with van der Waals surface area (Å²) in [7, 11) is 0. The van der Waals surface area contributed by atoms with Crippen molar-refractivity contribution >= 4 is 0 Å². The lowest BCUT2D eigenvalue weighted by Gasteiger charge is -2.40. The molecule has 1 fully saturated rings. The van der Waals surface area contributed by atoms with E-state index in [1.807, 2.05) is 13.8 Å². The summed E-state index contributed by atoms with van der Waals surface area (Å²) in [4.78, 5) is 0. The van der Waals surface area contributed by atoms with Gasteiger partial charge in [-0.25, -0.2) is 0 Å². The first-order valence-corrected chi connectivity index (χ1v) is 4.74. The molecule has 13 heavy (non-hydrogen) atoms. The van der Waals surface area contributed by atoms with E-state index >= 15 is 0 Å². The van der Waals surface area contributed by atoms with Gasteiger partial charge in [-0.15, -0.1) is 0 Å². The van der Waals surface area contributed by atoms with Crippen molar-refractivity contribution < 1.29 is 20.1 Å². The molecule has 0 saturated carbocycles. The number of aliphatic hydroxyl groups is 3. The molecule has 0 spiro atoms. The lowest BCUT2D eigenvalue weighted by Crippen LogP contribution is -2.54. The van der Waals surface area contributed by atoms with Crippen LogP contribution in [0.15, 0.2) is 0 Å². The van der Waals surface area contributed by atoms with Crippen LogP contribution in [0.1, 0.15) is 20.3 Å². The van der Waals surface area contributed by atoms with Crippen LogP contribution < -0.4 is 0 Å². The van der Waals surface area contributed by atoms with Gasteiger partial charge < -0.3 is 20.1 Å². The molecule has 1 aliphatic rings. The fourth-order valence-corrected chi connectivity index (χ4v) is 1.80. The summed E-state index contributed by atoms with van der Waals surface area (Å²) in [5.74, 6) is -0.0807. The van der Waals surface area contributed by atoms with Crippen LogP contribution in [0, 0.1) is 5.92 Å². The van der Waals surface area contributed by atoms with Crippen LogP contribution in [0.5, 0.6) is 0 Å². The Bertz CT molecular complexity index is 142. The van der Waals surface area contributed by atoms with Crippen molar-refractivity contribution in [3.63, 3.8) is 0 Å². The van der Waals surface area contributed by atoms with Gasteiger partial charge in [0.1, 0.15) is 12.2 Å². The van der Waals surface area contributed by atoms with Crippen LogP contribution in [0.2, 0.25) is 0 Å². The molecule has 0 amide bonds. The summed E-state index contributed by atoms with van der Waals surface area (Å²) >= 11 is 0. The van der Waals surface area contributed by atoms with Gasteiger partial charge in [-0.2, -0.15) is 0 Å². The SMILES string of the molecule is CCC1OC(CO)C(O)C(O)C1C. The summed E-state index contributed by atoms with van der Waals surface area (Å²) in [6.45, 7) is 3.55. The molecule has 1 saturated heterocycles. The highest BCUT2D eigenvalue weighted by Crippen LogP contribution is 2.27. The summed E-state index contributed by atoms with van der Waals surface area (Å²) in [5.41, 5.74) is 0. The standard InChI is InChI=1S/C9H18O4/c1-3-6-5(2)8(11)9(12)7(4-10)13-6/h5-12H,3-4H2,1-2H3. The predicted octanol–water partition coefficient (Wildman–Crippen LogP) is -0.486. The highest BCUT2D eigenvalue weighted by atomic mass is 16.5. The smallest absolute Gasteiger partial charge is 0.109 e. The van der Waals surface area contributed by atoms with Gasteiger partial charge in [0.05, 0.1) is 18.8 Å². The van der Waals surface area contributed by atoms with E-state index in [0.29, 0.717) is 0 Å². The van der Waals surface area contributed by atoms with E-state index in [1.54, 1.807) is 0 Å². The zero-order valence-electron chi connectivity index (χ0n) is 8.05. The molecule has 3 N–H and O–H groups in total. The first-order valence-electron chi connectivity index (χ1n) is 4.74. The van der Waals surface area contributed by atoms with Gasteiger partial charge in [0, 0.05) is 5.92 Å². The molecule has 0 bridgehead atoms. The van der Waals surface area contributed by atoms with Gasteiger partial charge in [-0.1, -0.05) is 13.8 Å². The van der Waals surface area contributed by atoms with Crippen LogP contribution in [0.25, 0.3) is 0 Å². The largest absolute Gasteiger partial charge is 0.394 e. The fraction of sp³-hybridized carbons (Fsp3) is 1.00. The average molecular weight is 190 g/mol. The maximum atomic E-state index is 9.61. The molecular weight excluding hydrogens is 172 g/mol. The zero-order valence-corrected chi connectivity index (χ0v) is 8.05. The molecular formula is C9H18O4. The molecule has 0 aromatic heterocycles. The monoisotopic (exact) mass is 190 g/mol. The molecule has 1 aliphatic heterocycles. The van der Waals surface area contributed by atoms with Gasteiger partial charge in [0.25, 0.3) is 0 Å². The maximum Gasteiger partial charge on any atom is 0.109 e. The van der Waals surface area contributed by atoms with E-state index in [1.165, 1.54) is 0 Å². The topological polar surface area (TPSA) is 69.9 Å². The second-order valence-corrected chi connectivity index (χ2v) is 3.64. The molecule has 1 heterocycles. The Balaban J connectivity index is 2.66. The highest BCUT2D eigenvalue weighted by Gasteiger charge is 2.40. The number of hydrogen-bond donors (Lipinski definition) is 3. The van der Waals surface area contributed by atoms with Crippen molar-refractivity contribution in [1.29, 1.82) is 0 Å². The molecule has 4 nitrogen and oxygen atoms in total. The molecule has 0 aliphatic carbocycles. The van der Waals surface area contributed by atoms with E-state index in [0.717, 1.165) is 6.42 Å². The van der Waals surface area contributed by atoms with Crippen LogP contribution in [-0.4, -0.2) is 46.3 Å². The second kappa shape index (κ2) is 4.37. The van der Waals surface area contributed by atoms with Crippen molar-refractivity contribution in [3.8, 4) is 0 Å². The Kier molecular flexibility index (Phi) is 3.67. The fourth-order valence-electron chi connectivity index (χ4n) is 1.80. The highest BCUT2D eigenvalue weighted by molar-refractivity contribution is 4.89. The first kappa shape index (κ1) is 10.9. The normalized spacial score (nSPS) is 46.4. The van der Waals surface area contributed by atoms with Gasteiger partial charge in [0.15, 0.2) is 0 Å². The van der Waals surface area contributed by atoms with Crippen LogP contribution in [-0.2, 0) is 4.74 Å². The van der Waals surface area contributed by atoms with Crippen molar-refractivity contribution in [2.24, 2.45) is 5.92 Å². The Morgan fingerprint density at radius 1 is 1.15 bits per heavy atom. The molecule has 1 rings (SSSR count). The van der Waals surface area contributed by atoms with E-state index in [-0.39, 0.29) is 18.6 Å². The number of hydrogen-bond acceptors (Lipinski definition) is 4. The first-order chi connectivity index (χ1) is 6.11. The number of rotatable bonds is 2. The van der Waals surface area contributed by atoms with Crippen LogP contribution in [0.3, 0.4) is 0 Å². The molecule has 5 unspecified atom stereocenters. The third kappa shape index (κ3) is 2.02. The molecule has 0 aromatic rings. The summed E-state index contributed by atoms with van der Waals surface area (Å²) < 4.78 is 5.42. The zero-order chi connectivity index (χ0) is 10.0. The minimum Gasteiger partial charge on any atom is -0.394 e. The van der Waals surface area contributed by atoms with E-state index in [4.69, 9.17) is 9.84 Å².